The molecule has 2 heteroatoms. The lowest BCUT2D eigenvalue weighted by molar-refractivity contribution is 0.529. The van der Waals surface area contributed by atoms with Crippen molar-refractivity contribution in [1.29, 1.82) is 0 Å². The minimum Gasteiger partial charge on any atom is -0.320 e. The highest BCUT2D eigenvalue weighted by molar-refractivity contribution is 4.50. The highest BCUT2D eigenvalue weighted by atomic mass is 14.8. The van der Waals surface area contributed by atoms with Gasteiger partial charge in [-0.3, -0.25) is 0 Å². The first kappa shape index (κ1) is 19.9. The van der Waals surface area contributed by atoms with Gasteiger partial charge >= 0.3 is 0 Å². The molecule has 0 unspecified atom stereocenters. The van der Waals surface area contributed by atoms with Gasteiger partial charge in [0.1, 0.15) is 0 Å². The molecule has 0 bridgehead atoms. The average Bonchev–Trinajstić information content (AvgIpc) is 2.47. The third-order valence-corrected chi connectivity index (χ3v) is 4.10. The second-order valence-electron chi connectivity index (χ2n) is 6.16. The largest absolute Gasteiger partial charge is 0.320 e. The third kappa shape index (κ3) is 17.9. The van der Waals surface area contributed by atoms with E-state index in [9.17, 15) is 0 Å². The lowest BCUT2D eigenvalue weighted by Gasteiger charge is -2.03. The predicted molar refractivity (Wildman–Crippen MR) is 92.5 cm³/mol. The minimum atomic E-state index is 1.19. The molecule has 0 aromatic rings. The molecule has 0 aliphatic rings. The zero-order valence-corrected chi connectivity index (χ0v) is 14.3. The van der Waals surface area contributed by atoms with Gasteiger partial charge in [-0.2, -0.15) is 0 Å². The van der Waals surface area contributed by atoms with Gasteiger partial charge in [-0.15, -0.1) is 0 Å². The zero-order chi connectivity index (χ0) is 14.7. The van der Waals surface area contributed by atoms with E-state index >= 15 is 0 Å². The molecule has 0 amide bonds. The van der Waals surface area contributed by atoms with Crippen LogP contribution in [0.1, 0.15) is 89.9 Å². The quantitative estimate of drug-likeness (QED) is 0.372. The van der Waals surface area contributed by atoms with Crippen molar-refractivity contribution in [2.45, 2.75) is 89.9 Å². The van der Waals surface area contributed by atoms with Crippen LogP contribution < -0.4 is 10.6 Å². The molecule has 0 aromatic carbocycles. The highest BCUT2D eigenvalue weighted by Crippen LogP contribution is 2.12. The molecule has 2 nitrogen and oxygen atoms in total. The van der Waals surface area contributed by atoms with Crippen molar-refractivity contribution in [3.8, 4) is 0 Å². The van der Waals surface area contributed by atoms with Crippen molar-refractivity contribution in [2.75, 3.05) is 27.2 Å². The maximum absolute atomic E-state index is 3.21. The second kappa shape index (κ2) is 18.9. The second-order valence-corrected chi connectivity index (χ2v) is 6.16. The fourth-order valence-corrected chi connectivity index (χ4v) is 2.72. The molecule has 0 aliphatic carbocycles. The Hall–Kier alpha value is -0.0800. The van der Waals surface area contributed by atoms with Crippen LogP contribution in [-0.4, -0.2) is 27.2 Å². The van der Waals surface area contributed by atoms with Crippen LogP contribution in [0.4, 0.5) is 0 Å². The maximum Gasteiger partial charge on any atom is -0.00519 e. The summed E-state index contributed by atoms with van der Waals surface area (Å²) in [5.74, 6) is 0. The summed E-state index contributed by atoms with van der Waals surface area (Å²) in [5.41, 5.74) is 0. The molecule has 0 rings (SSSR count). The number of rotatable bonds is 17. The van der Waals surface area contributed by atoms with Crippen LogP contribution in [0.2, 0.25) is 0 Å². The summed E-state index contributed by atoms with van der Waals surface area (Å²) >= 11 is 0. The minimum absolute atomic E-state index is 1.19. The molecule has 2 N–H and O–H groups in total. The smallest absolute Gasteiger partial charge is 0.00519 e. The van der Waals surface area contributed by atoms with Crippen LogP contribution in [0.5, 0.6) is 0 Å². The Morgan fingerprint density at radius 3 is 0.750 bits per heavy atom. The Kier molecular flexibility index (Phi) is 18.8. The topological polar surface area (TPSA) is 24.1 Å². The summed E-state index contributed by atoms with van der Waals surface area (Å²) in [4.78, 5) is 0. The van der Waals surface area contributed by atoms with Crippen molar-refractivity contribution in [3.63, 3.8) is 0 Å². The molecule has 0 heterocycles. The van der Waals surface area contributed by atoms with E-state index < -0.39 is 0 Å². The van der Waals surface area contributed by atoms with E-state index in [-0.39, 0.29) is 0 Å². The number of hydrogen-bond donors (Lipinski definition) is 2. The zero-order valence-electron chi connectivity index (χ0n) is 14.3. The number of hydrogen-bond acceptors (Lipinski definition) is 2. The summed E-state index contributed by atoms with van der Waals surface area (Å²) in [5, 5.41) is 6.43. The SMILES string of the molecule is CNCCCCCCCCCCCCCCCCNC. The molecule has 0 spiro atoms. The first-order valence-electron chi connectivity index (χ1n) is 9.21. The van der Waals surface area contributed by atoms with Crippen molar-refractivity contribution in [1.82, 2.24) is 10.6 Å². The summed E-state index contributed by atoms with van der Waals surface area (Å²) in [6.45, 7) is 2.38. The molecular weight excluding hydrogens is 244 g/mol. The molecule has 0 radical (unpaired) electrons. The van der Waals surface area contributed by atoms with E-state index in [0.29, 0.717) is 0 Å². The molecule has 0 atom stereocenters. The molecule has 0 saturated heterocycles. The van der Waals surface area contributed by atoms with Crippen molar-refractivity contribution >= 4 is 0 Å². The van der Waals surface area contributed by atoms with E-state index in [4.69, 9.17) is 0 Å². The molecular formula is C18H40N2. The Bertz CT molecular complexity index is 141. The van der Waals surface area contributed by atoms with Gasteiger partial charge in [-0.05, 0) is 40.0 Å². The Balaban J connectivity index is 2.89. The summed E-state index contributed by atoms with van der Waals surface area (Å²) in [7, 11) is 4.09. The average molecular weight is 285 g/mol. The third-order valence-electron chi connectivity index (χ3n) is 4.10. The Labute approximate surface area is 128 Å². The van der Waals surface area contributed by atoms with E-state index in [1.54, 1.807) is 0 Å². The fourth-order valence-electron chi connectivity index (χ4n) is 2.72. The maximum atomic E-state index is 3.21. The van der Waals surface area contributed by atoms with Gasteiger partial charge in [0.2, 0.25) is 0 Å². The van der Waals surface area contributed by atoms with Gasteiger partial charge in [-0.1, -0.05) is 77.0 Å². The van der Waals surface area contributed by atoms with Crippen LogP contribution in [-0.2, 0) is 0 Å². The normalized spacial score (nSPS) is 11.1. The molecule has 20 heavy (non-hydrogen) atoms. The van der Waals surface area contributed by atoms with Gasteiger partial charge in [-0.25, -0.2) is 0 Å². The monoisotopic (exact) mass is 284 g/mol. The van der Waals surface area contributed by atoms with E-state index in [2.05, 4.69) is 10.6 Å². The van der Waals surface area contributed by atoms with Gasteiger partial charge in [0.05, 0.1) is 0 Å². The lowest BCUT2D eigenvalue weighted by atomic mass is 10.0. The van der Waals surface area contributed by atoms with Crippen LogP contribution >= 0.6 is 0 Å². The van der Waals surface area contributed by atoms with Crippen molar-refractivity contribution in [3.05, 3.63) is 0 Å². The van der Waals surface area contributed by atoms with Crippen LogP contribution in [0.25, 0.3) is 0 Å². The van der Waals surface area contributed by atoms with Gasteiger partial charge in [0, 0.05) is 0 Å². The predicted octanol–water partition coefficient (Wildman–Crippen LogP) is 4.89. The molecule has 0 aromatic heterocycles. The van der Waals surface area contributed by atoms with Crippen LogP contribution in [0.3, 0.4) is 0 Å². The molecule has 0 fully saturated rings. The van der Waals surface area contributed by atoms with Gasteiger partial charge < -0.3 is 10.6 Å². The van der Waals surface area contributed by atoms with E-state index in [0.717, 1.165) is 0 Å². The molecule has 0 aliphatic heterocycles. The van der Waals surface area contributed by atoms with Crippen molar-refractivity contribution < 1.29 is 0 Å². The van der Waals surface area contributed by atoms with Crippen LogP contribution in [0, 0.1) is 0 Å². The number of unbranched alkanes of at least 4 members (excludes halogenated alkanes) is 13. The van der Waals surface area contributed by atoms with E-state index in [1.165, 1.54) is 103 Å². The molecule has 122 valence electrons. The number of nitrogens with one attached hydrogen (secondary N) is 2. The lowest BCUT2D eigenvalue weighted by Crippen LogP contribution is -2.06. The summed E-state index contributed by atoms with van der Waals surface area (Å²) in [6, 6.07) is 0. The summed E-state index contributed by atoms with van der Waals surface area (Å²) < 4.78 is 0. The van der Waals surface area contributed by atoms with Gasteiger partial charge in [0.25, 0.3) is 0 Å². The fraction of sp³-hybridized carbons (Fsp3) is 1.00. The van der Waals surface area contributed by atoms with Crippen LogP contribution in [0.15, 0.2) is 0 Å². The highest BCUT2D eigenvalue weighted by Gasteiger charge is 1.94. The van der Waals surface area contributed by atoms with Crippen molar-refractivity contribution in [2.24, 2.45) is 0 Å². The van der Waals surface area contributed by atoms with E-state index in [1.807, 2.05) is 14.1 Å². The van der Waals surface area contributed by atoms with Gasteiger partial charge in [0.15, 0.2) is 0 Å². The Morgan fingerprint density at radius 1 is 0.350 bits per heavy atom. The standard InChI is InChI=1S/C18H40N2/c1-19-17-15-13-11-9-7-5-3-4-6-8-10-12-14-16-18-20-2/h19-20H,3-18H2,1-2H3. The summed E-state index contributed by atoms with van der Waals surface area (Å²) in [6.07, 6.45) is 20.1. The first-order valence-corrected chi connectivity index (χ1v) is 9.21. The molecule has 0 saturated carbocycles. The first-order chi connectivity index (χ1) is 9.91. The Morgan fingerprint density at radius 2 is 0.550 bits per heavy atom.